The summed E-state index contributed by atoms with van der Waals surface area (Å²) in [6.45, 7) is 0. The molecule has 1 aliphatic heterocycles. The SMILES string of the molecule is c1ccc2c3c(sc2c1)[Se]c1sc2ccccc2c1[Se]3. The third-order valence-electron chi connectivity index (χ3n) is 3.43. The van der Waals surface area contributed by atoms with Crippen molar-refractivity contribution in [1.29, 1.82) is 0 Å². The zero-order valence-corrected chi connectivity index (χ0v) is 15.3. The van der Waals surface area contributed by atoms with Crippen molar-refractivity contribution in [1.82, 2.24) is 0 Å². The summed E-state index contributed by atoms with van der Waals surface area (Å²) in [6, 6.07) is 17.8. The van der Waals surface area contributed by atoms with Gasteiger partial charge in [-0.15, -0.1) is 0 Å². The summed E-state index contributed by atoms with van der Waals surface area (Å²) >= 11 is 5.03. The van der Waals surface area contributed by atoms with Gasteiger partial charge in [0.15, 0.2) is 0 Å². The van der Waals surface area contributed by atoms with Crippen LogP contribution >= 0.6 is 22.7 Å². The van der Waals surface area contributed by atoms with E-state index in [9.17, 15) is 0 Å². The summed E-state index contributed by atoms with van der Waals surface area (Å²) in [7, 11) is 0. The monoisotopic (exact) mass is 424 g/mol. The molecule has 2 aromatic carbocycles. The second-order valence-electron chi connectivity index (χ2n) is 4.63. The van der Waals surface area contributed by atoms with E-state index < -0.39 is 0 Å². The van der Waals surface area contributed by atoms with E-state index in [1.54, 1.807) is 16.5 Å². The van der Waals surface area contributed by atoms with Gasteiger partial charge in [0.2, 0.25) is 0 Å². The molecule has 0 aliphatic carbocycles. The van der Waals surface area contributed by atoms with Crippen LogP contribution in [-0.4, -0.2) is 29.9 Å². The Hall–Kier alpha value is -0.601. The Morgan fingerprint density at radius 1 is 0.600 bits per heavy atom. The maximum atomic E-state index is 2.31. The van der Waals surface area contributed by atoms with Crippen molar-refractivity contribution in [2.75, 3.05) is 0 Å². The Balaban J connectivity index is 1.79. The van der Waals surface area contributed by atoms with Gasteiger partial charge in [0.05, 0.1) is 0 Å². The van der Waals surface area contributed by atoms with Crippen LogP contribution in [-0.2, 0) is 0 Å². The van der Waals surface area contributed by atoms with Crippen molar-refractivity contribution < 1.29 is 0 Å². The first-order valence-corrected chi connectivity index (χ1v) is 11.3. The first-order chi connectivity index (χ1) is 9.90. The summed E-state index contributed by atoms with van der Waals surface area (Å²) in [5, 5.41) is 3.02. The van der Waals surface area contributed by atoms with Gasteiger partial charge in [-0.05, 0) is 0 Å². The van der Waals surface area contributed by atoms with Crippen molar-refractivity contribution in [3.8, 4) is 0 Å². The number of rotatable bonds is 0. The zero-order chi connectivity index (χ0) is 13.1. The molecular formula is C16H8S2Se2. The fourth-order valence-corrected chi connectivity index (χ4v) is 13.3. The number of hydrogen-bond donors (Lipinski definition) is 0. The Bertz CT molecular complexity index is 887. The van der Waals surface area contributed by atoms with Gasteiger partial charge in [0.25, 0.3) is 0 Å². The van der Waals surface area contributed by atoms with Crippen molar-refractivity contribution in [2.24, 2.45) is 0 Å². The van der Waals surface area contributed by atoms with Crippen LogP contribution in [0.25, 0.3) is 20.2 Å². The molecule has 3 heterocycles. The molecular weight excluding hydrogens is 414 g/mol. The first-order valence-electron chi connectivity index (χ1n) is 6.29. The van der Waals surface area contributed by atoms with E-state index in [1.807, 2.05) is 22.7 Å². The third kappa shape index (κ3) is 1.64. The molecule has 4 aromatic rings. The molecule has 0 saturated heterocycles. The van der Waals surface area contributed by atoms with Crippen LogP contribution in [0.3, 0.4) is 0 Å². The van der Waals surface area contributed by atoms with E-state index in [0.717, 1.165) is 0 Å². The first kappa shape index (κ1) is 12.0. The molecule has 0 atom stereocenters. The van der Waals surface area contributed by atoms with Gasteiger partial charge in [-0.1, -0.05) is 0 Å². The third-order valence-corrected chi connectivity index (χ3v) is 13.4. The van der Waals surface area contributed by atoms with Crippen molar-refractivity contribution in [3.63, 3.8) is 0 Å². The number of benzene rings is 2. The Labute approximate surface area is 137 Å². The van der Waals surface area contributed by atoms with Crippen LogP contribution < -0.4 is 16.5 Å². The van der Waals surface area contributed by atoms with Crippen LogP contribution in [0.5, 0.6) is 0 Å². The van der Waals surface area contributed by atoms with E-state index in [-0.39, 0.29) is 0 Å². The quantitative estimate of drug-likeness (QED) is 0.334. The second-order valence-corrected chi connectivity index (χ2v) is 12.2. The fourth-order valence-electron chi connectivity index (χ4n) is 2.51. The Morgan fingerprint density at radius 2 is 1.10 bits per heavy atom. The van der Waals surface area contributed by atoms with Crippen molar-refractivity contribution in [2.45, 2.75) is 0 Å². The van der Waals surface area contributed by atoms with Crippen molar-refractivity contribution in [3.05, 3.63) is 48.5 Å². The van der Waals surface area contributed by atoms with Gasteiger partial charge in [-0.3, -0.25) is 0 Å². The molecule has 0 nitrogen and oxygen atoms in total. The van der Waals surface area contributed by atoms with Gasteiger partial charge >= 0.3 is 138 Å². The molecule has 4 heteroatoms. The van der Waals surface area contributed by atoms with Gasteiger partial charge < -0.3 is 0 Å². The molecule has 0 fully saturated rings. The fraction of sp³-hybridized carbons (Fsp3) is 0. The van der Waals surface area contributed by atoms with Crippen LogP contribution in [0, 0.1) is 0 Å². The Morgan fingerprint density at radius 3 is 1.65 bits per heavy atom. The van der Waals surface area contributed by atoms with E-state index in [0.29, 0.717) is 29.9 Å². The number of thiophene rings is 2. The molecule has 96 valence electrons. The van der Waals surface area contributed by atoms with E-state index in [1.165, 1.54) is 20.2 Å². The average Bonchev–Trinajstić information content (AvgIpc) is 3.02. The van der Waals surface area contributed by atoms with Crippen molar-refractivity contribution >= 4 is 89.2 Å². The molecule has 0 radical (unpaired) electrons. The normalized spacial score (nSPS) is 13.6. The van der Waals surface area contributed by atoms with Crippen LogP contribution in [0.1, 0.15) is 0 Å². The molecule has 2 aromatic heterocycles. The van der Waals surface area contributed by atoms with E-state index in [4.69, 9.17) is 0 Å². The molecule has 5 rings (SSSR count). The summed E-state index contributed by atoms with van der Waals surface area (Å²) in [6.07, 6.45) is 0. The molecule has 0 unspecified atom stereocenters. The molecule has 20 heavy (non-hydrogen) atoms. The van der Waals surface area contributed by atoms with E-state index in [2.05, 4.69) is 48.5 Å². The number of hydrogen-bond acceptors (Lipinski definition) is 2. The topological polar surface area (TPSA) is 0 Å². The Kier molecular flexibility index (Phi) is 2.67. The summed E-state index contributed by atoms with van der Waals surface area (Å²) in [5.41, 5.74) is 0. The molecule has 0 amide bonds. The predicted molar refractivity (Wildman–Crippen MR) is 93.7 cm³/mol. The van der Waals surface area contributed by atoms with Gasteiger partial charge in [0.1, 0.15) is 0 Å². The van der Waals surface area contributed by atoms with Gasteiger partial charge in [-0.25, -0.2) is 0 Å². The zero-order valence-electron chi connectivity index (χ0n) is 10.3. The second kappa shape index (κ2) is 4.44. The van der Waals surface area contributed by atoms with Gasteiger partial charge in [-0.2, -0.15) is 0 Å². The van der Waals surface area contributed by atoms with Crippen LogP contribution in [0.4, 0.5) is 0 Å². The average molecular weight is 422 g/mol. The minimum absolute atomic E-state index is 0.476. The molecule has 0 spiro atoms. The summed E-state index contributed by atoms with van der Waals surface area (Å²) in [4.78, 5) is 0. The summed E-state index contributed by atoms with van der Waals surface area (Å²) < 4.78 is 9.60. The summed E-state index contributed by atoms with van der Waals surface area (Å²) in [5.74, 6) is 0. The number of fused-ring (bicyclic) bond motifs is 6. The molecule has 0 bridgehead atoms. The van der Waals surface area contributed by atoms with Crippen LogP contribution in [0.2, 0.25) is 0 Å². The maximum absolute atomic E-state index is 2.31. The van der Waals surface area contributed by atoms with Crippen LogP contribution in [0.15, 0.2) is 48.5 Å². The molecule has 0 saturated carbocycles. The minimum atomic E-state index is 0.476. The molecule has 1 aliphatic rings. The molecule has 0 N–H and O–H groups in total. The predicted octanol–water partition coefficient (Wildman–Crippen LogP) is 1.74. The van der Waals surface area contributed by atoms with Gasteiger partial charge in [0, 0.05) is 0 Å². The van der Waals surface area contributed by atoms with E-state index >= 15 is 0 Å². The standard InChI is InChI=1S/C16H8S2Se2/c1-3-7-11-9(5-1)13-15(17-11)20-16-14(19-13)10-6-2-4-8-12(10)18-16/h1-8H.